The Balaban J connectivity index is 1.81. The fourth-order valence-corrected chi connectivity index (χ4v) is 3.61. The Labute approximate surface area is 158 Å². The molecule has 0 bridgehead atoms. The predicted molar refractivity (Wildman–Crippen MR) is 104 cm³/mol. The average Bonchev–Trinajstić information content (AvgIpc) is 2.58. The predicted octanol–water partition coefficient (Wildman–Crippen LogP) is 5.15. The third-order valence-electron chi connectivity index (χ3n) is 5.28. The van der Waals surface area contributed by atoms with Crippen molar-refractivity contribution in [1.29, 1.82) is 0 Å². The number of amides is 1. The third kappa shape index (κ3) is 3.51. The topological polar surface area (TPSA) is 69.6 Å². The van der Waals surface area contributed by atoms with E-state index in [1.807, 2.05) is 12.1 Å². The maximum atomic E-state index is 13.0. The number of aryl methyl sites for hydroxylation is 1. The maximum absolute atomic E-state index is 13.0. The molecule has 1 amide bonds. The first-order chi connectivity index (χ1) is 12.5. The summed E-state index contributed by atoms with van der Waals surface area (Å²) in [7, 11) is 0. The highest BCUT2D eigenvalue weighted by Crippen LogP contribution is 2.45. The van der Waals surface area contributed by atoms with Gasteiger partial charge in [-0.15, -0.1) is 0 Å². The lowest BCUT2D eigenvalue weighted by molar-refractivity contribution is -0.124. The van der Waals surface area contributed by atoms with Gasteiger partial charge >= 0.3 is 0 Å². The smallest absolute Gasteiger partial charge is 0.235 e. The number of unbranched alkanes of at least 4 members (excludes halogenated alkanes) is 1. The number of carbonyl (C=O) groups excluding carboxylic acids is 1. The van der Waals surface area contributed by atoms with Crippen LogP contribution in [-0.2, 0) is 16.6 Å². The van der Waals surface area contributed by atoms with Crippen molar-refractivity contribution in [2.24, 2.45) is 0 Å². The molecule has 2 aromatic carbocycles. The van der Waals surface area contributed by atoms with E-state index in [0.29, 0.717) is 0 Å². The Kier molecular flexibility index (Phi) is 5.42. The Bertz CT molecular complexity index is 798. The van der Waals surface area contributed by atoms with E-state index in [1.165, 1.54) is 11.6 Å². The van der Waals surface area contributed by atoms with Crippen molar-refractivity contribution >= 4 is 23.2 Å². The summed E-state index contributed by atoms with van der Waals surface area (Å²) in [6.07, 6.45) is 5.92. The molecule has 0 heterocycles. The summed E-state index contributed by atoms with van der Waals surface area (Å²) in [6.45, 7) is 2.17. The van der Waals surface area contributed by atoms with E-state index < -0.39 is 5.41 Å². The molecule has 3 rings (SSSR count). The van der Waals surface area contributed by atoms with E-state index in [4.69, 9.17) is 11.6 Å². The second-order valence-corrected chi connectivity index (χ2v) is 7.42. The molecule has 138 valence electrons. The van der Waals surface area contributed by atoms with Gasteiger partial charge < -0.3 is 15.5 Å². The Morgan fingerprint density at radius 2 is 1.85 bits per heavy atom. The number of carbonyl (C=O) groups is 1. The van der Waals surface area contributed by atoms with Crippen LogP contribution in [0.3, 0.4) is 0 Å². The monoisotopic (exact) mass is 373 g/mol. The average molecular weight is 374 g/mol. The van der Waals surface area contributed by atoms with Crippen molar-refractivity contribution in [2.45, 2.75) is 50.9 Å². The molecule has 0 aromatic heterocycles. The molecule has 3 N–H and O–H groups in total. The molecule has 1 aliphatic rings. The number of hydrogen-bond acceptors (Lipinski definition) is 3. The number of anilines is 1. The van der Waals surface area contributed by atoms with Crippen molar-refractivity contribution < 1.29 is 15.0 Å². The van der Waals surface area contributed by atoms with Crippen LogP contribution in [-0.4, -0.2) is 16.1 Å². The molecule has 0 saturated heterocycles. The first-order valence-corrected chi connectivity index (χ1v) is 9.46. The van der Waals surface area contributed by atoms with E-state index in [1.54, 1.807) is 0 Å². The largest absolute Gasteiger partial charge is 0.506 e. The summed E-state index contributed by atoms with van der Waals surface area (Å²) in [5.41, 5.74) is 1.93. The minimum Gasteiger partial charge on any atom is -0.506 e. The van der Waals surface area contributed by atoms with Crippen LogP contribution in [0.1, 0.15) is 50.2 Å². The van der Waals surface area contributed by atoms with Crippen LogP contribution in [0.2, 0.25) is 5.02 Å². The summed E-state index contributed by atoms with van der Waals surface area (Å²) < 4.78 is 0. The molecule has 0 aliphatic heterocycles. The number of phenols is 2. The zero-order valence-corrected chi connectivity index (χ0v) is 15.6. The number of benzene rings is 2. The molecule has 26 heavy (non-hydrogen) atoms. The van der Waals surface area contributed by atoms with E-state index in [-0.39, 0.29) is 28.1 Å². The molecular formula is C21H24ClNO3. The number of nitrogens with one attached hydrogen (secondary N) is 1. The van der Waals surface area contributed by atoms with Gasteiger partial charge in [0.05, 0.1) is 16.1 Å². The zero-order valence-electron chi connectivity index (χ0n) is 14.9. The zero-order chi connectivity index (χ0) is 18.7. The van der Waals surface area contributed by atoms with Gasteiger partial charge in [-0.05, 0) is 42.9 Å². The van der Waals surface area contributed by atoms with Gasteiger partial charge in [0.25, 0.3) is 0 Å². The van der Waals surface area contributed by atoms with E-state index in [9.17, 15) is 15.0 Å². The summed E-state index contributed by atoms with van der Waals surface area (Å²) in [4.78, 5) is 13.0. The summed E-state index contributed by atoms with van der Waals surface area (Å²) >= 11 is 5.90. The second-order valence-electron chi connectivity index (χ2n) is 7.01. The van der Waals surface area contributed by atoms with E-state index in [2.05, 4.69) is 24.4 Å². The van der Waals surface area contributed by atoms with E-state index in [0.717, 1.165) is 50.2 Å². The van der Waals surface area contributed by atoms with Gasteiger partial charge in [-0.3, -0.25) is 4.79 Å². The van der Waals surface area contributed by atoms with Crippen LogP contribution in [0.5, 0.6) is 11.5 Å². The molecule has 5 heteroatoms. The van der Waals surface area contributed by atoms with Crippen LogP contribution in [0.15, 0.2) is 36.4 Å². The number of hydrogen-bond donors (Lipinski definition) is 3. The van der Waals surface area contributed by atoms with Gasteiger partial charge in [-0.1, -0.05) is 55.6 Å². The van der Waals surface area contributed by atoms with Crippen LogP contribution < -0.4 is 5.32 Å². The van der Waals surface area contributed by atoms with Gasteiger partial charge in [0.2, 0.25) is 5.91 Å². The molecule has 0 unspecified atom stereocenters. The van der Waals surface area contributed by atoms with Gasteiger partial charge in [0, 0.05) is 6.07 Å². The quantitative estimate of drug-likeness (QED) is 0.484. The fourth-order valence-electron chi connectivity index (χ4n) is 3.44. The maximum Gasteiger partial charge on any atom is 0.235 e. The second kappa shape index (κ2) is 7.58. The lowest BCUT2D eigenvalue weighted by Crippen LogP contribution is -2.46. The summed E-state index contributed by atoms with van der Waals surface area (Å²) in [5, 5.41) is 22.4. The number of halogens is 1. The summed E-state index contributed by atoms with van der Waals surface area (Å²) in [5.74, 6) is -0.574. The molecule has 2 aromatic rings. The normalized spacial score (nSPS) is 15.3. The Morgan fingerprint density at radius 3 is 2.42 bits per heavy atom. The van der Waals surface area contributed by atoms with Crippen molar-refractivity contribution in [3.05, 3.63) is 52.5 Å². The standard InChI is InChI=1S/C21H24ClNO3/c1-2-3-5-14-6-8-15(9-7-14)21(10-4-11-21)20(26)23-17-12-16(22)18(24)13-19(17)25/h6-9,12-13,24-25H,2-5,10-11H2,1H3,(H,23,26). The highest BCUT2D eigenvalue weighted by Gasteiger charge is 2.45. The minimum absolute atomic E-state index is 0.0843. The lowest BCUT2D eigenvalue weighted by Gasteiger charge is -2.40. The SMILES string of the molecule is CCCCc1ccc(C2(C(=O)Nc3cc(Cl)c(O)cc3O)CCC2)cc1. The fraction of sp³-hybridized carbons (Fsp3) is 0.381. The van der Waals surface area contributed by atoms with Gasteiger partial charge in [-0.2, -0.15) is 0 Å². The highest BCUT2D eigenvalue weighted by atomic mass is 35.5. The van der Waals surface area contributed by atoms with Crippen molar-refractivity contribution in [3.63, 3.8) is 0 Å². The number of rotatable bonds is 6. The van der Waals surface area contributed by atoms with Gasteiger partial charge in [0.15, 0.2) is 0 Å². The molecule has 0 radical (unpaired) electrons. The number of phenolic OH excluding ortho intramolecular Hbond substituents is 2. The van der Waals surface area contributed by atoms with Crippen LogP contribution in [0, 0.1) is 0 Å². The first kappa shape index (κ1) is 18.6. The molecule has 1 saturated carbocycles. The molecule has 0 spiro atoms. The Morgan fingerprint density at radius 1 is 1.15 bits per heavy atom. The third-order valence-corrected chi connectivity index (χ3v) is 5.58. The molecule has 0 atom stereocenters. The van der Waals surface area contributed by atoms with Crippen LogP contribution in [0.4, 0.5) is 5.69 Å². The van der Waals surface area contributed by atoms with Gasteiger partial charge in [0.1, 0.15) is 11.5 Å². The first-order valence-electron chi connectivity index (χ1n) is 9.08. The van der Waals surface area contributed by atoms with Crippen LogP contribution in [0.25, 0.3) is 0 Å². The summed E-state index contributed by atoms with van der Waals surface area (Å²) in [6, 6.07) is 10.8. The van der Waals surface area contributed by atoms with Crippen molar-refractivity contribution in [3.8, 4) is 11.5 Å². The number of aromatic hydroxyl groups is 2. The van der Waals surface area contributed by atoms with Crippen LogP contribution >= 0.6 is 11.6 Å². The highest BCUT2D eigenvalue weighted by molar-refractivity contribution is 6.32. The molecule has 4 nitrogen and oxygen atoms in total. The minimum atomic E-state index is -0.569. The molecule has 1 fully saturated rings. The molecule has 1 aliphatic carbocycles. The lowest BCUT2D eigenvalue weighted by atomic mass is 9.63. The van der Waals surface area contributed by atoms with Crippen molar-refractivity contribution in [2.75, 3.05) is 5.32 Å². The Hall–Kier alpha value is -2.20. The van der Waals surface area contributed by atoms with Gasteiger partial charge in [-0.25, -0.2) is 0 Å². The van der Waals surface area contributed by atoms with E-state index >= 15 is 0 Å². The van der Waals surface area contributed by atoms with Crippen molar-refractivity contribution in [1.82, 2.24) is 0 Å². The molecular weight excluding hydrogens is 350 g/mol.